The minimum atomic E-state index is -3.47. The van der Waals surface area contributed by atoms with E-state index in [2.05, 4.69) is 9.71 Å². The summed E-state index contributed by atoms with van der Waals surface area (Å²) in [5.41, 5.74) is 6.40. The van der Waals surface area contributed by atoms with E-state index in [0.717, 1.165) is 15.4 Å². The molecule has 7 heteroatoms. The molecule has 2 aromatic heterocycles. The Balaban J connectivity index is 2.02. The fourth-order valence-corrected chi connectivity index (χ4v) is 4.37. The minimum Gasteiger partial charge on any atom is -0.326 e. The van der Waals surface area contributed by atoms with Crippen molar-refractivity contribution in [3.05, 3.63) is 45.9 Å². The van der Waals surface area contributed by atoms with Gasteiger partial charge in [-0.3, -0.25) is 4.98 Å². The molecule has 0 amide bonds. The zero-order valence-electron chi connectivity index (χ0n) is 11.2. The maximum atomic E-state index is 12.2. The Hall–Kier alpha value is -1.28. The predicted molar refractivity (Wildman–Crippen MR) is 80.1 cm³/mol. The van der Waals surface area contributed by atoms with E-state index in [1.165, 1.54) is 11.3 Å². The lowest BCUT2D eigenvalue weighted by molar-refractivity contribution is 0.581. The highest BCUT2D eigenvalue weighted by Gasteiger charge is 2.19. The van der Waals surface area contributed by atoms with Crippen molar-refractivity contribution < 1.29 is 8.42 Å². The van der Waals surface area contributed by atoms with Gasteiger partial charge in [0, 0.05) is 41.2 Å². The summed E-state index contributed by atoms with van der Waals surface area (Å²) in [5.74, 6) is 0. The maximum absolute atomic E-state index is 12.2. The zero-order valence-corrected chi connectivity index (χ0v) is 12.8. The Morgan fingerprint density at radius 3 is 2.80 bits per heavy atom. The molecule has 2 aromatic rings. The molecule has 108 valence electrons. The number of pyridine rings is 1. The molecular weight excluding hydrogens is 294 g/mol. The summed E-state index contributed by atoms with van der Waals surface area (Å²) in [5, 5.41) is 0. The van der Waals surface area contributed by atoms with Crippen LogP contribution in [0.3, 0.4) is 0 Å². The van der Waals surface area contributed by atoms with E-state index in [4.69, 9.17) is 5.73 Å². The molecule has 0 aliphatic rings. The molecule has 3 N–H and O–H groups in total. The number of aromatic nitrogens is 1. The Labute approximate surface area is 122 Å². The van der Waals surface area contributed by atoms with Crippen LogP contribution in [0.25, 0.3) is 0 Å². The second-order valence-corrected chi connectivity index (χ2v) is 7.38. The van der Waals surface area contributed by atoms with Gasteiger partial charge in [-0.25, -0.2) is 13.1 Å². The highest BCUT2D eigenvalue weighted by molar-refractivity contribution is 7.89. The molecule has 0 saturated carbocycles. The molecule has 0 bridgehead atoms. The van der Waals surface area contributed by atoms with Crippen LogP contribution in [0.5, 0.6) is 0 Å². The van der Waals surface area contributed by atoms with Crippen LogP contribution in [0.2, 0.25) is 0 Å². The summed E-state index contributed by atoms with van der Waals surface area (Å²) in [6.45, 7) is 2.47. The largest absolute Gasteiger partial charge is 0.326 e. The number of sulfonamides is 1. The van der Waals surface area contributed by atoms with E-state index < -0.39 is 10.0 Å². The molecule has 0 unspecified atom stereocenters. The van der Waals surface area contributed by atoms with E-state index >= 15 is 0 Å². The van der Waals surface area contributed by atoms with Gasteiger partial charge in [-0.15, -0.1) is 11.3 Å². The third kappa shape index (κ3) is 3.63. The van der Waals surface area contributed by atoms with Gasteiger partial charge in [0.05, 0.1) is 4.90 Å². The van der Waals surface area contributed by atoms with Crippen LogP contribution in [0.1, 0.15) is 15.4 Å². The normalized spacial score (nSPS) is 11.7. The van der Waals surface area contributed by atoms with Crippen molar-refractivity contribution >= 4 is 21.4 Å². The summed E-state index contributed by atoms with van der Waals surface area (Å²) in [4.78, 5) is 6.11. The summed E-state index contributed by atoms with van der Waals surface area (Å²) in [6.07, 6.45) is 2.26. The van der Waals surface area contributed by atoms with Gasteiger partial charge in [-0.2, -0.15) is 0 Å². The molecular formula is C13H17N3O2S2. The van der Waals surface area contributed by atoms with Gasteiger partial charge in [0.15, 0.2) is 0 Å². The van der Waals surface area contributed by atoms with Gasteiger partial charge in [0.25, 0.3) is 0 Å². The molecule has 0 radical (unpaired) electrons. The van der Waals surface area contributed by atoms with Crippen molar-refractivity contribution in [3.8, 4) is 0 Å². The molecule has 0 aromatic carbocycles. The highest BCUT2D eigenvalue weighted by Crippen LogP contribution is 2.25. The number of aryl methyl sites for hydroxylation is 1. The molecule has 0 aliphatic heterocycles. The number of hydrogen-bond acceptors (Lipinski definition) is 5. The molecule has 0 fully saturated rings. The number of thiophene rings is 1. The molecule has 20 heavy (non-hydrogen) atoms. The maximum Gasteiger partial charge on any atom is 0.241 e. The van der Waals surface area contributed by atoms with Crippen LogP contribution in [-0.2, 0) is 23.0 Å². The lowest BCUT2D eigenvalue weighted by Crippen LogP contribution is -2.26. The summed E-state index contributed by atoms with van der Waals surface area (Å²) >= 11 is 1.41. The van der Waals surface area contributed by atoms with Crippen LogP contribution in [0, 0.1) is 6.92 Å². The van der Waals surface area contributed by atoms with Crippen molar-refractivity contribution in [2.24, 2.45) is 5.73 Å². The van der Waals surface area contributed by atoms with Gasteiger partial charge in [-0.1, -0.05) is 6.07 Å². The smallest absolute Gasteiger partial charge is 0.241 e. The number of nitrogens with two attached hydrogens (primary N) is 1. The predicted octanol–water partition coefficient (Wildman–Crippen LogP) is 1.43. The topological polar surface area (TPSA) is 85.1 Å². The van der Waals surface area contributed by atoms with E-state index in [-0.39, 0.29) is 0 Å². The van der Waals surface area contributed by atoms with Crippen molar-refractivity contribution in [1.82, 2.24) is 9.71 Å². The third-order valence-corrected chi connectivity index (χ3v) is 5.60. The van der Waals surface area contributed by atoms with Crippen LogP contribution in [0.15, 0.2) is 35.4 Å². The summed E-state index contributed by atoms with van der Waals surface area (Å²) < 4.78 is 27.0. The average molecular weight is 311 g/mol. The molecule has 0 atom stereocenters. The summed E-state index contributed by atoms with van der Waals surface area (Å²) in [6, 6.07) is 7.23. The highest BCUT2D eigenvalue weighted by atomic mass is 32.2. The Morgan fingerprint density at radius 2 is 2.20 bits per heavy atom. The fraction of sp³-hybridized carbons (Fsp3) is 0.308. The first kappa shape index (κ1) is 15.1. The van der Waals surface area contributed by atoms with E-state index in [0.29, 0.717) is 24.4 Å². The number of nitrogens with one attached hydrogen (secondary N) is 1. The van der Waals surface area contributed by atoms with Crippen molar-refractivity contribution in [3.63, 3.8) is 0 Å². The third-order valence-electron chi connectivity index (χ3n) is 2.81. The quantitative estimate of drug-likeness (QED) is 0.845. The monoisotopic (exact) mass is 311 g/mol. The van der Waals surface area contributed by atoms with Gasteiger partial charge >= 0.3 is 0 Å². The first-order chi connectivity index (χ1) is 9.53. The standard InChI is InChI=1S/C13H17N3O2S2/c1-10-13(8-12(9-14)19-10)20(17,18)16-7-5-11-4-2-3-6-15-11/h2-4,6,8,16H,5,7,9,14H2,1H3. The lowest BCUT2D eigenvalue weighted by atomic mass is 10.3. The van der Waals surface area contributed by atoms with E-state index in [9.17, 15) is 8.42 Å². The minimum absolute atomic E-state index is 0.323. The number of rotatable bonds is 6. The van der Waals surface area contributed by atoms with Gasteiger partial charge in [-0.05, 0) is 25.1 Å². The van der Waals surface area contributed by atoms with E-state index in [1.807, 2.05) is 18.2 Å². The second-order valence-electron chi connectivity index (χ2n) is 4.31. The molecule has 2 heterocycles. The average Bonchev–Trinajstić information content (AvgIpc) is 2.82. The van der Waals surface area contributed by atoms with Crippen molar-refractivity contribution in [1.29, 1.82) is 0 Å². The number of nitrogens with zero attached hydrogens (tertiary/aromatic N) is 1. The van der Waals surface area contributed by atoms with Crippen molar-refractivity contribution in [2.75, 3.05) is 6.54 Å². The van der Waals surface area contributed by atoms with Gasteiger partial charge in [0.1, 0.15) is 0 Å². The molecule has 0 spiro atoms. The lowest BCUT2D eigenvalue weighted by Gasteiger charge is -2.05. The Morgan fingerprint density at radius 1 is 1.40 bits per heavy atom. The van der Waals surface area contributed by atoms with E-state index in [1.54, 1.807) is 19.2 Å². The Kier molecular flexibility index (Phi) is 4.87. The second kappa shape index (κ2) is 6.45. The van der Waals surface area contributed by atoms with Crippen LogP contribution in [-0.4, -0.2) is 19.9 Å². The van der Waals surface area contributed by atoms with Crippen LogP contribution >= 0.6 is 11.3 Å². The zero-order chi connectivity index (χ0) is 14.6. The number of hydrogen-bond donors (Lipinski definition) is 2. The molecule has 0 aliphatic carbocycles. The van der Waals surface area contributed by atoms with Crippen LogP contribution < -0.4 is 10.5 Å². The fourth-order valence-electron chi connectivity index (χ4n) is 1.83. The molecule has 0 saturated heterocycles. The Bertz CT molecular complexity index is 666. The van der Waals surface area contributed by atoms with Gasteiger partial charge < -0.3 is 5.73 Å². The SMILES string of the molecule is Cc1sc(CN)cc1S(=O)(=O)NCCc1ccccn1. The van der Waals surface area contributed by atoms with Gasteiger partial charge in [0.2, 0.25) is 10.0 Å². The van der Waals surface area contributed by atoms with Crippen LogP contribution in [0.4, 0.5) is 0 Å². The van der Waals surface area contributed by atoms with Crippen molar-refractivity contribution in [2.45, 2.75) is 24.8 Å². The first-order valence-electron chi connectivity index (χ1n) is 6.22. The first-order valence-corrected chi connectivity index (χ1v) is 8.52. The molecule has 2 rings (SSSR count). The molecule has 5 nitrogen and oxygen atoms in total. The summed E-state index contributed by atoms with van der Waals surface area (Å²) in [7, 11) is -3.47.